The fourth-order valence-electron chi connectivity index (χ4n) is 4.09. The molecule has 1 aliphatic heterocycles. The van der Waals surface area contributed by atoms with Crippen LogP contribution in [0.1, 0.15) is 18.0 Å². The van der Waals surface area contributed by atoms with Crippen molar-refractivity contribution in [2.45, 2.75) is 17.4 Å². The van der Waals surface area contributed by atoms with Gasteiger partial charge >= 0.3 is 0 Å². The van der Waals surface area contributed by atoms with Gasteiger partial charge in [-0.15, -0.1) is 0 Å². The lowest BCUT2D eigenvalue weighted by Crippen LogP contribution is -2.29. The van der Waals surface area contributed by atoms with Gasteiger partial charge in [0.1, 0.15) is 11.5 Å². The molecule has 0 saturated heterocycles. The van der Waals surface area contributed by atoms with Crippen LogP contribution < -0.4 is 14.5 Å². The molecular weight excluding hydrogens is 565 g/mol. The third-order valence-electron chi connectivity index (χ3n) is 5.96. The lowest BCUT2D eigenvalue weighted by Gasteiger charge is -2.25. The van der Waals surface area contributed by atoms with Crippen LogP contribution in [0.2, 0.25) is 15.1 Å². The maximum Gasteiger partial charge on any atom is 0.240 e. The highest BCUT2D eigenvalue weighted by Gasteiger charge is 2.31. The molecule has 0 fully saturated rings. The second kappa shape index (κ2) is 11.4. The molecule has 0 spiro atoms. The van der Waals surface area contributed by atoms with Crippen molar-refractivity contribution in [3.05, 3.63) is 118 Å². The van der Waals surface area contributed by atoms with Crippen LogP contribution in [0.25, 0.3) is 0 Å². The Bertz CT molecular complexity index is 1560. The minimum absolute atomic E-state index is 0.0381. The molecular formula is C28H22Cl3N3O3S. The number of sulfonamides is 1. The second-order valence-electron chi connectivity index (χ2n) is 8.59. The summed E-state index contributed by atoms with van der Waals surface area (Å²) in [6.07, 6.45) is 0.493. The van der Waals surface area contributed by atoms with Gasteiger partial charge in [-0.3, -0.25) is 5.01 Å². The van der Waals surface area contributed by atoms with Crippen LogP contribution in [-0.4, -0.2) is 20.7 Å². The van der Waals surface area contributed by atoms with Crippen LogP contribution in [-0.2, 0) is 10.0 Å². The molecule has 1 atom stereocenters. The molecule has 0 aliphatic carbocycles. The number of hydrogen-bond donors (Lipinski definition) is 1. The van der Waals surface area contributed by atoms with Crippen molar-refractivity contribution in [3.63, 3.8) is 0 Å². The molecule has 1 unspecified atom stereocenters. The topological polar surface area (TPSA) is 71.0 Å². The third kappa shape index (κ3) is 6.14. The number of anilines is 1. The first-order valence-corrected chi connectivity index (χ1v) is 14.3. The van der Waals surface area contributed by atoms with Crippen molar-refractivity contribution in [1.29, 1.82) is 0 Å². The van der Waals surface area contributed by atoms with E-state index in [0.717, 1.165) is 5.56 Å². The SMILES string of the molecule is O=S(=O)(NCC1=NN(c2ccc(Cl)cc2Cl)C(c2ccc(Cl)cc2)C1)c1ccc(Oc2ccccc2)cc1. The molecule has 0 amide bonds. The molecule has 1 heterocycles. The predicted molar refractivity (Wildman–Crippen MR) is 153 cm³/mol. The van der Waals surface area contributed by atoms with Gasteiger partial charge in [0.05, 0.1) is 33.9 Å². The first-order valence-electron chi connectivity index (χ1n) is 11.7. The number of halogens is 3. The Kier molecular flexibility index (Phi) is 7.93. The molecule has 4 aromatic rings. The Morgan fingerprint density at radius 2 is 1.50 bits per heavy atom. The van der Waals surface area contributed by atoms with Gasteiger partial charge in [0.25, 0.3) is 0 Å². The van der Waals surface area contributed by atoms with Crippen LogP contribution in [0.15, 0.2) is 107 Å². The zero-order valence-corrected chi connectivity index (χ0v) is 23.0. The van der Waals surface area contributed by atoms with Gasteiger partial charge in [-0.05, 0) is 72.3 Å². The molecule has 10 heteroatoms. The number of hydrazone groups is 1. The second-order valence-corrected chi connectivity index (χ2v) is 11.6. The van der Waals surface area contributed by atoms with Gasteiger partial charge < -0.3 is 4.74 Å². The van der Waals surface area contributed by atoms with E-state index in [4.69, 9.17) is 44.6 Å². The van der Waals surface area contributed by atoms with Gasteiger partial charge in [0.2, 0.25) is 10.0 Å². The van der Waals surface area contributed by atoms with Crippen molar-refractivity contribution in [3.8, 4) is 11.5 Å². The van der Waals surface area contributed by atoms with Crippen molar-refractivity contribution < 1.29 is 13.2 Å². The van der Waals surface area contributed by atoms with Crippen molar-refractivity contribution in [2.75, 3.05) is 11.6 Å². The highest BCUT2D eigenvalue weighted by atomic mass is 35.5. The Labute approximate surface area is 236 Å². The first-order chi connectivity index (χ1) is 18.3. The Balaban J connectivity index is 1.33. The molecule has 5 rings (SSSR count). The molecule has 1 N–H and O–H groups in total. The van der Waals surface area contributed by atoms with Gasteiger partial charge in [-0.2, -0.15) is 5.10 Å². The molecule has 38 heavy (non-hydrogen) atoms. The van der Waals surface area contributed by atoms with E-state index in [0.29, 0.717) is 44.4 Å². The fourth-order valence-corrected chi connectivity index (χ4v) is 5.72. The number of hydrogen-bond acceptors (Lipinski definition) is 5. The summed E-state index contributed by atoms with van der Waals surface area (Å²) in [5.41, 5.74) is 2.29. The summed E-state index contributed by atoms with van der Waals surface area (Å²) in [5, 5.41) is 8.10. The highest BCUT2D eigenvalue weighted by Crippen LogP contribution is 2.39. The number of nitrogens with one attached hydrogen (secondary N) is 1. The maximum atomic E-state index is 13.0. The van der Waals surface area contributed by atoms with E-state index in [1.54, 1.807) is 35.3 Å². The number of rotatable bonds is 8. The average molecular weight is 587 g/mol. The minimum atomic E-state index is -3.79. The van der Waals surface area contributed by atoms with Gasteiger partial charge in [-0.1, -0.05) is 65.1 Å². The zero-order chi connectivity index (χ0) is 26.7. The zero-order valence-electron chi connectivity index (χ0n) is 19.9. The summed E-state index contributed by atoms with van der Waals surface area (Å²) >= 11 is 18.7. The molecule has 4 aromatic carbocycles. The fraction of sp³-hybridized carbons (Fsp3) is 0.107. The summed E-state index contributed by atoms with van der Waals surface area (Å²) in [7, 11) is -3.79. The Hall–Kier alpha value is -3.07. The summed E-state index contributed by atoms with van der Waals surface area (Å²) in [6, 6.07) is 28.0. The smallest absolute Gasteiger partial charge is 0.240 e. The monoisotopic (exact) mass is 585 g/mol. The number of benzene rings is 4. The quantitative estimate of drug-likeness (QED) is 0.229. The van der Waals surface area contributed by atoms with Crippen LogP contribution in [0, 0.1) is 0 Å². The molecule has 1 aliphatic rings. The van der Waals surface area contributed by atoms with E-state index in [1.807, 2.05) is 54.6 Å². The summed E-state index contributed by atoms with van der Waals surface area (Å²) in [4.78, 5) is 0.128. The Morgan fingerprint density at radius 1 is 0.842 bits per heavy atom. The average Bonchev–Trinajstić information content (AvgIpc) is 3.33. The van der Waals surface area contributed by atoms with E-state index in [9.17, 15) is 8.42 Å². The molecule has 0 saturated carbocycles. The summed E-state index contributed by atoms with van der Waals surface area (Å²) in [5.74, 6) is 1.21. The van der Waals surface area contributed by atoms with E-state index in [-0.39, 0.29) is 17.5 Å². The van der Waals surface area contributed by atoms with Gasteiger partial charge in [-0.25, -0.2) is 13.1 Å². The van der Waals surface area contributed by atoms with Crippen LogP contribution in [0.3, 0.4) is 0 Å². The Morgan fingerprint density at radius 3 is 2.18 bits per heavy atom. The lowest BCUT2D eigenvalue weighted by molar-refractivity contribution is 0.482. The summed E-state index contributed by atoms with van der Waals surface area (Å²) < 4.78 is 34.5. The normalized spacial score (nSPS) is 15.4. The van der Waals surface area contributed by atoms with Crippen molar-refractivity contribution in [1.82, 2.24) is 4.72 Å². The third-order valence-corrected chi connectivity index (χ3v) is 8.17. The number of ether oxygens (including phenoxy) is 1. The minimum Gasteiger partial charge on any atom is -0.457 e. The van der Waals surface area contributed by atoms with Crippen LogP contribution in [0.5, 0.6) is 11.5 Å². The maximum absolute atomic E-state index is 13.0. The molecule has 194 valence electrons. The molecule has 6 nitrogen and oxygen atoms in total. The van der Waals surface area contributed by atoms with Crippen LogP contribution >= 0.6 is 34.8 Å². The molecule has 0 aromatic heterocycles. The number of para-hydroxylation sites is 1. The largest absolute Gasteiger partial charge is 0.457 e. The molecule has 0 bridgehead atoms. The highest BCUT2D eigenvalue weighted by molar-refractivity contribution is 7.89. The molecule has 0 radical (unpaired) electrons. The van der Waals surface area contributed by atoms with Gasteiger partial charge in [0.15, 0.2) is 0 Å². The predicted octanol–water partition coefficient (Wildman–Crippen LogP) is 7.73. The van der Waals surface area contributed by atoms with Gasteiger partial charge in [0, 0.05) is 16.5 Å². The summed E-state index contributed by atoms with van der Waals surface area (Å²) in [6.45, 7) is 0.0381. The van der Waals surface area contributed by atoms with E-state index >= 15 is 0 Å². The lowest BCUT2D eigenvalue weighted by atomic mass is 10.0. The van der Waals surface area contributed by atoms with Crippen molar-refractivity contribution >= 4 is 56.2 Å². The van der Waals surface area contributed by atoms with E-state index in [2.05, 4.69) is 4.72 Å². The van der Waals surface area contributed by atoms with E-state index in [1.165, 1.54) is 12.1 Å². The van der Waals surface area contributed by atoms with E-state index < -0.39 is 10.0 Å². The van der Waals surface area contributed by atoms with Crippen LogP contribution in [0.4, 0.5) is 5.69 Å². The first kappa shape index (κ1) is 26.5. The van der Waals surface area contributed by atoms with Crippen molar-refractivity contribution in [2.24, 2.45) is 5.10 Å². The standard InChI is InChI=1S/C28H22Cl3N3O3S/c29-20-8-6-19(7-9-20)28-17-22(33-34(28)27-15-10-21(30)16-26(27)31)18-32-38(35,36)25-13-11-24(12-14-25)37-23-4-2-1-3-5-23/h1-16,28,32H,17-18H2. The number of nitrogens with zero attached hydrogens (tertiary/aromatic N) is 2.